The summed E-state index contributed by atoms with van der Waals surface area (Å²) in [6.45, 7) is 1.67. The summed E-state index contributed by atoms with van der Waals surface area (Å²) in [5, 5.41) is 7.05. The first-order chi connectivity index (χ1) is 11.0. The van der Waals surface area contributed by atoms with Crippen molar-refractivity contribution >= 4 is 51.7 Å². The summed E-state index contributed by atoms with van der Waals surface area (Å²) in [4.78, 5) is 4.43. The minimum absolute atomic E-state index is 0. The van der Waals surface area contributed by atoms with Crippen molar-refractivity contribution in [1.82, 2.24) is 19.9 Å². The first-order valence-corrected chi connectivity index (χ1v) is 10.2. The normalized spacial score (nSPS) is 18.2. The second kappa shape index (κ2) is 10.5. The standard InChI is InChI=1S/C14H25N5O2S2.HI/c1-15-14(17-10-12-4-3-9-22-12)16-6-7-18-23(20,21)13-5-8-19(2)11-13;/h5,8,11-12,18H,3-4,6-7,9-10H2,1-2H3,(H2,15,16,17);1H. The molecule has 1 aliphatic rings. The maximum atomic E-state index is 12.1. The Morgan fingerprint density at radius 1 is 1.42 bits per heavy atom. The number of halogens is 1. The van der Waals surface area contributed by atoms with Gasteiger partial charge in [0.25, 0.3) is 0 Å². The summed E-state index contributed by atoms with van der Waals surface area (Å²) in [5.74, 6) is 1.94. The van der Waals surface area contributed by atoms with Gasteiger partial charge in [0.2, 0.25) is 10.0 Å². The molecule has 0 saturated carbocycles. The van der Waals surface area contributed by atoms with Crippen LogP contribution in [0.25, 0.3) is 0 Å². The molecule has 7 nitrogen and oxygen atoms in total. The summed E-state index contributed by atoms with van der Waals surface area (Å²) >= 11 is 1.99. The van der Waals surface area contributed by atoms with Crippen LogP contribution in [0.1, 0.15) is 12.8 Å². The number of hydrogen-bond donors (Lipinski definition) is 3. The van der Waals surface area contributed by atoms with Crippen LogP contribution in [0.5, 0.6) is 0 Å². The van der Waals surface area contributed by atoms with Crippen molar-refractivity contribution in [1.29, 1.82) is 0 Å². The lowest BCUT2D eigenvalue weighted by Crippen LogP contribution is -2.43. The summed E-state index contributed by atoms with van der Waals surface area (Å²) in [7, 11) is 0.0602. The van der Waals surface area contributed by atoms with E-state index in [0.717, 1.165) is 6.54 Å². The smallest absolute Gasteiger partial charge is 0.242 e. The SMILES string of the molecule is CN=C(NCCNS(=O)(=O)c1ccn(C)c1)NCC1CCCS1.I. The number of nitrogens with zero attached hydrogens (tertiary/aromatic N) is 2. The Labute approximate surface area is 165 Å². The minimum atomic E-state index is -3.44. The third-order valence-corrected chi connectivity index (χ3v) is 6.41. The van der Waals surface area contributed by atoms with Crippen LogP contribution in [0.2, 0.25) is 0 Å². The molecule has 1 aliphatic heterocycles. The Balaban J connectivity index is 0.00000288. The van der Waals surface area contributed by atoms with Gasteiger partial charge in [-0.2, -0.15) is 11.8 Å². The van der Waals surface area contributed by atoms with Crippen molar-refractivity contribution < 1.29 is 8.42 Å². The molecule has 3 N–H and O–H groups in total. The minimum Gasteiger partial charge on any atom is -0.356 e. The van der Waals surface area contributed by atoms with E-state index in [1.807, 2.05) is 11.8 Å². The molecule has 1 atom stereocenters. The fourth-order valence-corrected chi connectivity index (χ4v) is 4.61. The van der Waals surface area contributed by atoms with Gasteiger partial charge in [-0.25, -0.2) is 13.1 Å². The number of aromatic nitrogens is 1. The van der Waals surface area contributed by atoms with Crippen LogP contribution in [0.3, 0.4) is 0 Å². The van der Waals surface area contributed by atoms with E-state index in [1.165, 1.54) is 18.6 Å². The first-order valence-electron chi connectivity index (χ1n) is 7.69. The Bertz CT molecular complexity index is 627. The molecule has 0 radical (unpaired) electrons. The van der Waals surface area contributed by atoms with E-state index in [0.29, 0.717) is 24.3 Å². The molecule has 1 fully saturated rings. The number of nitrogens with one attached hydrogen (secondary N) is 3. The highest BCUT2D eigenvalue weighted by molar-refractivity contribution is 14.0. The van der Waals surface area contributed by atoms with E-state index >= 15 is 0 Å². The monoisotopic (exact) mass is 487 g/mol. The fraction of sp³-hybridized carbons (Fsp3) is 0.643. The van der Waals surface area contributed by atoms with E-state index in [1.54, 1.807) is 37.1 Å². The maximum absolute atomic E-state index is 12.1. The van der Waals surface area contributed by atoms with Gasteiger partial charge in [-0.1, -0.05) is 0 Å². The second-order valence-electron chi connectivity index (χ2n) is 5.43. The van der Waals surface area contributed by atoms with Crippen LogP contribution in [0.4, 0.5) is 0 Å². The Hall–Kier alpha value is -0.460. The van der Waals surface area contributed by atoms with Crippen LogP contribution in [-0.2, 0) is 17.1 Å². The number of sulfonamides is 1. The van der Waals surface area contributed by atoms with Crippen LogP contribution < -0.4 is 15.4 Å². The van der Waals surface area contributed by atoms with E-state index < -0.39 is 10.0 Å². The van der Waals surface area contributed by atoms with E-state index in [9.17, 15) is 8.42 Å². The van der Waals surface area contributed by atoms with E-state index in [4.69, 9.17) is 0 Å². The van der Waals surface area contributed by atoms with Crippen LogP contribution >= 0.6 is 35.7 Å². The quantitative estimate of drug-likeness (QED) is 0.231. The number of aryl methyl sites for hydroxylation is 1. The number of hydrogen-bond acceptors (Lipinski definition) is 4. The highest BCUT2D eigenvalue weighted by atomic mass is 127. The molecule has 24 heavy (non-hydrogen) atoms. The van der Waals surface area contributed by atoms with Crippen molar-refractivity contribution in [2.75, 3.05) is 32.4 Å². The zero-order valence-electron chi connectivity index (χ0n) is 14.0. The Kier molecular flexibility index (Phi) is 9.45. The molecule has 138 valence electrons. The van der Waals surface area contributed by atoms with Crippen molar-refractivity contribution in [3.63, 3.8) is 0 Å². The number of thioether (sulfide) groups is 1. The summed E-state index contributed by atoms with van der Waals surface area (Å²) in [6, 6.07) is 1.58. The van der Waals surface area contributed by atoms with Gasteiger partial charge < -0.3 is 15.2 Å². The molecule has 2 rings (SSSR count). The molecule has 0 aliphatic carbocycles. The topological polar surface area (TPSA) is 87.5 Å². The van der Waals surface area contributed by atoms with Gasteiger partial charge in [-0.05, 0) is 24.7 Å². The lowest BCUT2D eigenvalue weighted by atomic mass is 10.2. The van der Waals surface area contributed by atoms with Gasteiger partial charge in [-0.15, -0.1) is 24.0 Å². The van der Waals surface area contributed by atoms with E-state index in [-0.39, 0.29) is 28.9 Å². The average Bonchev–Trinajstić information content (AvgIpc) is 3.18. The molecule has 10 heteroatoms. The predicted molar refractivity (Wildman–Crippen MR) is 111 cm³/mol. The summed E-state index contributed by atoms with van der Waals surface area (Å²) in [6.07, 6.45) is 5.81. The third kappa shape index (κ3) is 6.81. The molecule has 0 aromatic carbocycles. The summed E-state index contributed by atoms with van der Waals surface area (Å²) in [5.41, 5.74) is 0. The Morgan fingerprint density at radius 2 is 2.21 bits per heavy atom. The zero-order chi connectivity index (χ0) is 16.7. The van der Waals surface area contributed by atoms with Crippen molar-refractivity contribution in [2.45, 2.75) is 23.0 Å². The van der Waals surface area contributed by atoms with Crippen molar-refractivity contribution in [2.24, 2.45) is 12.0 Å². The molecule has 1 saturated heterocycles. The van der Waals surface area contributed by atoms with Gasteiger partial charge in [0, 0.05) is 51.4 Å². The molecular formula is C14H26IN5O2S2. The number of guanidine groups is 1. The van der Waals surface area contributed by atoms with Crippen molar-refractivity contribution in [3.8, 4) is 0 Å². The molecule has 1 aromatic rings. The van der Waals surface area contributed by atoms with Crippen LogP contribution in [0, 0.1) is 0 Å². The lowest BCUT2D eigenvalue weighted by molar-refractivity contribution is 0.580. The second-order valence-corrected chi connectivity index (χ2v) is 8.60. The average molecular weight is 487 g/mol. The molecular weight excluding hydrogens is 461 g/mol. The first kappa shape index (κ1) is 21.6. The molecule has 0 spiro atoms. The highest BCUT2D eigenvalue weighted by Gasteiger charge is 2.16. The number of rotatable bonds is 7. The van der Waals surface area contributed by atoms with Gasteiger partial charge in [0.05, 0.1) is 4.90 Å². The van der Waals surface area contributed by atoms with E-state index in [2.05, 4.69) is 20.3 Å². The molecule has 1 aromatic heterocycles. The predicted octanol–water partition coefficient (Wildman–Crippen LogP) is 0.982. The van der Waals surface area contributed by atoms with Crippen LogP contribution in [-0.4, -0.2) is 56.6 Å². The van der Waals surface area contributed by atoms with Crippen LogP contribution in [0.15, 0.2) is 28.3 Å². The maximum Gasteiger partial charge on any atom is 0.242 e. The van der Waals surface area contributed by atoms with Gasteiger partial charge in [0.1, 0.15) is 0 Å². The third-order valence-electron chi connectivity index (χ3n) is 3.57. The summed E-state index contributed by atoms with van der Waals surface area (Å²) < 4.78 is 28.4. The lowest BCUT2D eigenvalue weighted by Gasteiger charge is -2.15. The van der Waals surface area contributed by atoms with Gasteiger partial charge in [0.15, 0.2) is 5.96 Å². The molecule has 2 heterocycles. The zero-order valence-corrected chi connectivity index (χ0v) is 18.0. The fourth-order valence-electron chi connectivity index (χ4n) is 2.32. The van der Waals surface area contributed by atoms with Gasteiger partial charge in [-0.3, -0.25) is 4.99 Å². The Morgan fingerprint density at radius 3 is 2.79 bits per heavy atom. The van der Waals surface area contributed by atoms with Gasteiger partial charge >= 0.3 is 0 Å². The highest BCUT2D eigenvalue weighted by Crippen LogP contribution is 2.25. The molecule has 0 amide bonds. The molecule has 0 bridgehead atoms. The largest absolute Gasteiger partial charge is 0.356 e. The van der Waals surface area contributed by atoms with Crippen molar-refractivity contribution in [3.05, 3.63) is 18.5 Å². The number of aliphatic imine (C=N–C) groups is 1. The molecule has 1 unspecified atom stereocenters.